The molecule has 0 amide bonds. The minimum absolute atomic E-state index is 0.0349. The summed E-state index contributed by atoms with van der Waals surface area (Å²) in [4.78, 5) is 35.9. The van der Waals surface area contributed by atoms with Crippen molar-refractivity contribution in [3.05, 3.63) is 48.0 Å². The second-order valence-electron chi connectivity index (χ2n) is 5.29. The van der Waals surface area contributed by atoms with E-state index in [4.69, 9.17) is 14.2 Å². The Labute approximate surface area is 151 Å². The summed E-state index contributed by atoms with van der Waals surface area (Å²) in [6.45, 7) is 4.89. The summed E-state index contributed by atoms with van der Waals surface area (Å²) in [5.41, 5.74) is 0.248. The van der Waals surface area contributed by atoms with Crippen molar-refractivity contribution in [1.82, 2.24) is 0 Å². The molecule has 0 heterocycles. The van der Waals surface area contributed by atoms with Gasteiger partial charge in [-0.3, -0.25) is 4.79 Å². The number of hydrogen-bond acceptors (Lipinski definition) is 6. The first-order valence-electron chi connectivity index (χ1n) is 8.24. The van der Waals surface area contributed by atoms with E-state index in [9.17, 15) is 14.4 Å². The topological polar surface area (TPSA) is 78.9 Å². The van der Waals surface area contributed by atoms with Gasteiger partial charge < -0.3 is 14.2 Å². The summed E-state index contributed by atoms with van der Waals surface area (Å²) < 4.78 is 15.3. The van der Waals surface area contributed by atoms with Crippen LogP contribution in [0, 0.1) is 0 Å². The highest BCUT2D eigenvalue weighted by Crippen LogP contribution is 2.35. The quantitative estimate of drug-likeness (QED) is 0.449. The fraction of sp³-hybridized carbons (Fsp3) is 0.250. The Kier molecular flexibility index (Phi) is 6.49. The van der Waals surface area contributed by atoms with E-state index in [-0.39, 0.29) is 30.1 Å². The van der Waals surface area contributed by atoms with E-state index in [1.807, 2.05) is 12.1 Å². The molecule has 2 aromatic carbocycles. The van der Waals surface area contributed by atoms with Crippen molar-refractivity contribution in [1.29, 1.82) is 0 Å². The summed E-state index contributed by atoms with van der Waals surface area (Å²) in [6, 6.07) is 10.6. The van der Waals surface area contributed by atoms with Gasteiger partial charge in [0.15, 0.2) is 0 Å². The van der Waals surface area contributed by atoms with Crippen LogP contribution in [-0.4, -0.2) is 31.1 Å². The van der Waals surface area contributed by atoms with Gasteiger partial charge in [0.05, 0.1) is 18.8 Å². The SMILES string of the molecule is CCOC(=O)/C=C(/C(=O)OCC)c1ccc2ccccc2c1OC(C)=O. The molecule has 6 heteroatoms. The van der Waals surface area contributed by atoms with Crippen molar-refractivity contribution in [2.75, 3.05) is 13.2 Å². The smallest absolute Gasteiger partial charge is 0.339 e. The second-order valence-corrected chi connectivity index (χ2v) is 5.29. The maximum Gasteiger partial charge on any atom is 0.339 e. The summed E-state index contributed by atoms with van der Waals surface area (Å²) in [7, 11) is 0. The Morgan fingerprint density at radius 3 is 2.31 bits per heavy atom. The van der Waals surface area contributed by atoms with Crippen LogP contribution >= 0.6 is 0 Å². The van der Waals surface area contributed by atoms with Crippen molar-refractivity contribution >= 4 is 34.3 Å². The highest BCUT2D eigenvalue weighted by Gasteiger charge is 2.22. The number of ether oxygens (including phenoxy) is 3. The van der Waals surface area contributed by atoms with Gasteiger partial charge in [-0.25, -0.2) is 9.59 Å². The van der Waals surface area contributed by atoms with Crippen molar-refractivity contribution < 1.29 is 28.6 Å². The van der Waals surface area contributed by atoms with Gasteiger partial charge in [0.1, 0.15) is 5.75 Å². The van der Waals surface area contributed by atoms with Crippen LogP contribution < -0.4 is 4.74 Å². The Bertz CT molecular complexity index is 866. The molecule has 0 saturated heterocycles. The molecule has 0 radical (unpaired) electrons. The number of benzene rings is 2. The summed E-state index contributed by atoms with van der Waals surface area (Å²) >= 11 is 0. The van der Waals surface area contributed by atoms with Crippen LogP contribution in [0.25, 0.3) is 16.3 Å². The largest absolute Gasteiger partial charge is 0.463 e. The third-order valence-corrected chi connectivity index (χ3v) is 3.46. The van der Waals surface area contributed by atoms with Crippen LogP contribution in [0.3, 0.4) is 0 Å². The van der Waals surface area contributed by atoms with E-state index in [0.717, 1.165) is 11.5 Å². The van der Waals surface area contributed by atoms with Gasteiger partial charge in [-0.05, 0) is 25.3 Å². The molecule has 0 atom stereocenters. The van der Waals surface area contributed by atoms with E-state index >= 15 is 0 Å². The Morgan fingerprint density at radius 2 is 1.65 bits per heavy atom. The highest BCUT2D eigenvalue weighted by molar-refractivity contribution is 6.22. The standard InChI is InChI=1S/C20H20O6/c1-4-24-18(22)12-17(20(23)25-5-2)16-11-10-14-8-6-7-9-15(14)19(16)26-13(3)21/h6-12H,4-5H2,1-3H3/b17-12+. The van der Waals surface area contributed by atoms with Gasteiger partial charge in [0.25, 0.3) is 0 Å². The number of hydrogen-bond donors (Lipinski definition) is 0. The van der Waals surface area contributed by atoms with E-state index in [0.29, 0.717) is 5.39 Å². The van der Waals surface area contributed by atoms with Gasteiger partial charge in [-0.15, -0.1) is 0 Å². The third kappa shape index (κ3) is 4.47. The maximum atomic E-state index is 12.4. The van der Waals surface area contributed by atoms with Crippen molar-refractivity contribution in [3.63, 3.8) is 0 Å². The van der Waals surface area contributed by atoms with Crippen molar-refractivity contribution in [2.24, 2.45) is 0 Å². The predicted molar refractivity (Wildman–Crippen MR) is 96.5 cm³/mol. The van der Waals surface area contributed by atoms with E-state index in [1.165, 1.54) is 6.92 Å². The first kappa shape index (κ1) is 19.2. The molecular weight excluding hydrogens is 336 g/mol. The van der Waals surface area contributed by atoms with Crippen LogP contribution in [0.5, 0.6) is 5.75 Å². The molecule has 2 aromatic rings. The molecule has 0 N–H and O–H groups in total. The zero-order valence-corrected chi connectivity index (χ0v) is 14.9. The zero-order valence-electron chi connectivity index (χ0n) is 14.9. The molecule has 0 fully saturated rings. The minimum Gasteiger partial charge on any atom is -0.463 e. The molecule has 0 aliphatic carbocycles. The van der Waals surface area contributed by atoms with Crippen LogP contribution in [0.4, 0.5) is 0 Å². The molecule has 136 valence electrons. The van der Waals surface area contributed by atoms with Gasteiger partial charge in [0.2, 0.25) is 0 Å². The normalized spacial score (nSPS) is 11.1. The molecule has 0 spiro atoms. The summed E-state index contributed by atoms with van der Waals surface area (Å²) in [5, 5.41) is 1.46. The number of esters is 3. The highest BCUT2D eigenvalue weighted by atomic mass is 16.5. The molecule has 0 saturated carbocycles. The van der Waals surface area contributed by atoms with Gasteiger partial charge in [-0.2, -0.15) is 0 Å². The van der Waals surface area contributed by atoms with Gasteiger partial charge in [0, 0.05) is 23.9 Å². The number of carbonyl (C=O) groups is 3. The van der Waals surface area contributed by atoms with Crippen LogP contribution in [0.15, 0.2) is 42.5 Å². The predicted octanol–water partition coefficient (Wildman–Crippen LogP) is 3.27. The van der Waals surface area contributed by atoms with Gasteiger partial charge in [-0.1, -0.05) is 30.3 Å². The third-order valence-electron chi connectivity index (χ3n) is 3.46. The van der Waals surface area contributed by atoms with Crippen LogP contribution in [0.1, 0.15) is 26.3 Å². The Balaban J connectivity index is 2.69. The van der Waals surface area contributed by atoms with Crippen LogP contribution in [-0.2, 0) is 23.9 Å². The lowest BCUT2D eigenvalue weighted by molar-refractivity contribution is -0.139. The van der Waals surface area contributed by atoms with Crippen molar-refractivity contribution in [3.8, 4) is 5.75 Å². The lowest BCUT2D eigenvalue weighted by Crippen LogP contribution is -2.12. The molecule has 0 aliphatic rings. The second kappa shape index (κ2) is 8.80. The van der Waals surface area contributed by atoms with E-state index in [1.54, 1.807) is 38.1 Å². The molecule has 6 nitrogen and oxygen atoms in total. The molecule has 0 bridgehead atoms. The lowest BCUT2D eigenvalue weighted by atomic mass is 9.99. The average Bonchev–Trinajstić information content (AvgIpc) is 2.60. The molecule has 0 aliphatic heterocycles. The number of rotatable bonds is 6. The molecule has 2 rings (SSSR count). The van der Waals surface area contributed by atoms with Crippen molar-refractivity contribution in [2.45, 2.75) is 20.8 Å². The maximum absolute atomic E-state index is 12.4. The Hall–Kier alpha value is -3.15. The first-order chi connectivity index (χ1) is 12.5. The molecule has 0 aromatic heterocycles. The zero-order chi connectivity index (χ0) is 19.1. The number of fused-ring (bicyclic) bond motifs is 1. The Morgan fingerprint density at radius 1 is 0.962 bits per heavy atom. The molecular formula is C20H20O6. The molecule has 0 unspecified atom stereocenters. The van der Waals surface area contributed by atoms with Crippen LogP contribution in [0.2, 0.25) is 0 Å². The van der Waals surface area contributed by atoms with E-state index < -0.39 is 17.9 Å². The summed E-state index contributed by atoms with van der Waals surface area (Å²) in [6.07, 6.45) is 1.05. The number of carbonyl (C=O) groups excluding carboxylic acids is 3. The fourth-order valence-electron chi connectivity index (χ4n) is 2.47. The van der Waals surface area contributed by atoms with E-state index in [2.05, 4.69) is 0 Å². The first-order valence-corrected chi connectivity index (χ1v) is 8.24. The lowest BCUT2D eigenvalue weighted by Gasteiger charge is -2.14. The summed E-state index contributed by atoms with van der Waals surface area (Å²) in [5.74, 6) is -1.73. The molecule has 26 heavy (non-hydrogen) atoms. The fourth-order valence-corrected chi connectivity index (χ4v) is 2.47. The average molecular weight is 356 g/mol. The minimum atomic E-state index is -0.704. The monoisotopic (exact) mass is 356 g/mol. The van der Waals surface area contributed by atoms with Gasteiger partial charge >= 0.3 is 17.9 Å².